The first-order valence-corrected chi connectivity index (χ1v) is 12.9. The average molecular weight is 522 g/mol. The van der Waals surface area contributed by atoms with Crippen molar-refractivity contribution in [3.8, 4) is 5.75 Å². The molecule has 1 aromatic carbocycles. The van der Waals surface area contributed by atoms with Crippen LogP contribution >= 0.6 is 11.6 Å². The van der Waals surface area contributed by atoms with Crippen molar-refractivity contribution >= 4 is 35.1 Å². The zero-order chi connectivity index (χ0) is 26.2. The Hall–Kier alpha value is -2.72. The van der Waals surface area contributed by atoms with Gasteiger partial charge in [0.2, 0.25) is 5.91 Å². The Morgan fingerprint density at radius 3 is 2.67 bits per heavy atom. The highest BCUT2D eigenvalue weighted by Crippen LogP contribution is 2.44. The fourth-order valence-electron chi connectivity index (χ4n) is 5.21. The van der Waals surface area contributed by atoms with Crippen molar-refractivity contribution in [2.24, 2.45) is 0 Å². The number of benzene rings is 1. The number of nitrogens with two attached hydrogens (primary N) is 1. The highest BCUT2D eigenvalue weighted by atomic mass is 35.5. The maximum absolute atomic E-state index is 13.3. The topological polar surface area (TPSA) is 117 Å². The summed E-state index contributed by atoms with van der Waals surface area (Å²) in [5, 5.41) is 3.38. The second-order valence-electron chi connectivity index (χ2n) is 10.2. The number of halogens is 1. The van der Waals surface area contributed by atoms with Crippen molar-refractivity contribution in [3.63, 3.8) is 0 Å². The molecule has 11 heteroatoms. The summed E-state index contributed by atoms with van der Waals surface area (Å²) in [6.07, 6.45) is 1.00. The van der Waals surface area contributed by atoms with E-state index in [9.17, 15) is 14.4 Å². The molecule has 4 amide bonds. The van der Waals surface area contributed by atoms with Crippen LogP contribution in [0.15, 0.2) is 6.07 Å². The second kappa shape index (κ2) is 10.3. The zero-order valence-electron chi connectivity index (χ0n) is 21.4. The minimum absolute atomic E-state index is 0.0110. The maximum Gasteiger partial charge on any atom is 0.320 e. The number of hydrogen-bond acceptors (Lipinski definition) is 6. The van der Waals surface area contributed by atoms with E-state index in [0.717, 1.165) is 5.56 Å². The molecule has 1 aromatic rings. The van der Waals surface area contributed by atoms with Crippen LogP contribution in [0.3, 0.4) is 0 Å². The number of nitrogens with one attached hydrogen (secondary N) is 1. The number of amides is 4. The predicted molar refractivity (Wildman–Crippen MR) is 136 cm³/mol. The van der Waals surface area contributed by atoms with E-state index < -0.39 is 5.60 Å². The van der Waals surface area contributed by atoms with Crippen LogP contribution in [0, 0.1) is 0 Å². The summed E-state index contributed by atoms with van der Waals surface area (Å²) in [7, 11) is 1.57. The van der Waals surface area contributed by atoms with Crippen LogP contribution in [0.4, 0.5) is 10.5 Å². The van der Waals surface area contributed by atoms with Crippen molar-refractivity contribution in [3.05, 3.63) is 22.2 Å². The standard InChI is InChI=1S/C25H36ClN5O5/c1-5-29-10-11-30(24(29)34)9-7-20(32)31-8-6-18(19(14-31)35-4)28-23(33)15-12-17(26)21(27)16-13-25(2,3)36-22(15)16/h12,18-19H,5-11,13-14,27H2,1-4H3,(H,28,33). The molecule has 10 nitrogen and oxygen atoms in total. The lowest BCUT2D eigenvalue weighted by Gasteiger charge is -2.38. The first-order valence-electron chi connectivity index (χ1n) is 12.5. The number of carbonyl (C=O) groups excluding carboxylic acids is 3. The number of fused-ring (bicyclic) bond motifs is 1. The third-order valence-corrected chi connectivity index (χ3v) is 7.60. The van der Waals surface area contributed by atoms with E-state index in [2.05, 4.69) is 5.32 Å². The summed E-state index contributed by atoms with van der Waals surface area (Å²) >= 11 is 6.33. The number of hydrogen-bond donors (Lipinski definition) is 2. The number of nitrogen functional groups attached to an aromatic ring is 1. The number of carbonyl (C=O) groups is 3. The molecule has 0 bridgehead atoms. The van der Waals surface area contributed by atoms with Gasteiger partial charge in [0.15, 0.2) is 0 Å². The summed E-state index contributed by atoms with van der Waals surface area (Å²) in [5.41, 5.74) is 7.21. The molecule has 3 aliphatic rings. The smallest absolute Gasteiger partial charge is 0.320 e. The summed E-state index contributed by atoms with van der Waals surface area (Å²) in [6, 6.07) is 1.25. The monoisotopic (exact) mass is 521 g/mol. The molecule has 2 atom stereocenters. The number of nitrogens with zero attached hydrogens (tertiary/aromatic N) is 3. The van der Waals surface area contributed by atoms with Crippen LogP contribution in [-0.2, 0) is 16.0 Å². The van der Waals surface area contributed by atoms with Gasteiger partial charge in [0, 0.05) is 64.8 Å². The molecule has 0 spiro atoms. The van der Waals surface area contributed by atoms with Gasteiger partial charge >= 0.3 is 6.03 Å². The zero-order valence-corrected chi connectivity index (χ0v) is 22.2. The van der Waals surface area contributed by atoms with Crippen LogP contribution in [0.5, 0.6) is 5.75 Å². The van der Waals surface area contributed by atoms with E-state index in [4.69, 9.17) is 26.8 Å². The van der Waals surface area contributed by atoms with Crippen LogP contribution in [0.2, 0.25) is 5.02 Å². The Morgan fingerprint density at radius 1 is 1.28 bits per heavy atom. The largest absolute Gasteiger partial charge is 0.486 e. The second-order valence-corrected chi connectivity index (χ2v) is 10.7. The van der Waals surface area contributed by atoms with Gasteiger partial charge in [-0.1, -0.05) is 11.6 Å². The Labute approximate surface area is 217 Å². The van der Waals surface area contributed by atoms with Crippen LogP contribution in [0.1, 0.15) is 49.5 Å². The molecule has 0 aliphatic carbocycles. The molecular weight excluding hydrogens is 486 g/mol. The van der Waals surface area contributed by atoms with Crippen LogP contribution in [0.25, 0.3) is 0 Å². The molecule has 2 saturated heterocycles. The van der Waals surface area contributed by atoms with E-state index in [-0.39, 0.29) is 36.4 Å². The van der Waals surface area contributed by atoms with E-state index in [1.165, 1.54) is 0 Å². The summed E-state index contributed by atoms with van der Waals surface area (Å²) < 4.78 is 11.7. The molecule has 2 fully saturated rings. The number of likely N-dealkylation sites (tertiary alicyclic amines) is 1. The van der Waals surface area contributed by atoms with Gasteiger partial charge in [0.25, 0.3) is 5.91 Å². The van der Waals surface area contributed by atoms with Crippen molar-refractivity contribution in [1.82, 2.24) is 20.0 Å². The molecule has 198 valence electrons. The van der Waals surface area contributed by atoms with E-state index in [1.807, 2.05) is 20.8 Å². The molecular formula is C25H36ClN5O5. The van der Waals surface area contributed by atoms with Crippen molar-refractivity contribution < 1.29 is 23.9 Å². The normalized spacial score (nSPS) is 23.0. The van der Waals surface area contributed by atoms with Gasteiger partial charge in [-0.05, 0) is 33.3 Å². The highest BCUT2D eigenvalue weighted by molar-refractivity contribution is 6.33. The number of rotatable bonds is 7. The number of likely N-dealkylation sites (N-methyl/N-ethyl adjacent to an activating group) is 1. The van der Waals surface area contributed by atoms with Gasteiger partial charge < -0.3 is 35.2 Å². The predicted octanol–water partition coefficient (Wildman–Crippen LogP) is 2.13. The summed E-state index contributed by atoms with van der Waals surface area (Å²) in [4.78, 5) is 43.7. The molecule has 3 heterocycles. The molecule has 3 N–H and O–H groups in total. The van der Waals surface area contributed by atoms with E-state index >= 15 is 0 Å². The Morgan fingerprint density at radius 2 is 2.00 bits per heavy atom. The maximum atomic E-state index is 13.3. The first-order chi connectivity index (χ1) is 17.0. The van der Waals surface area contributed by atoms with Gasteiger partial charge in [-0.25, -0.2) is 4.79 Å². The Kier molecular flexibility index (Phi) is 7.56. The third kappa shape index (κ3) is 5.20. The summed E-state index contributed by atoms with van der Waals surface area (Å²) in [6.45, 7) is 9.10. The molecule has 4 rings (SSSR count). The number of piperidine rings is 1. The van der Waals surface area contributed by atoms with Crippen LogP contribution < -0.4 is 15.8 Å². The lowest BCUT2D eigenvalue weighted by molar-refractivity contribution is -0.135. The lowest BCUT2D eigenvalue weighted by Crippen LogP contribution is -2.56. The van der Waals surface area contributed by atoms with Gasteiger partial charge in [-0.15, -0.1) is 0 Å². The SMILES string of the molecule is CCN1CCN(CCC(=O)N2CCC(NC(=O)c3cc(Cl)c(N)c4c3OC(C)(C)C4)C(OC)C2)C1=O. The number of methoxy groups -OCH3 is 1. The lowest BCUT2D eigenvalue weighted by atomic mass is 9.97. The molecule has 0 saturated carbocycles. The number of urea groups is 1. The molecule has 2 unspecified atom stereocenters. The minimum atomic E-state index is -0.481. The Balaban J connectivity index is 1.37. The summed E-state index contributed by atoms with van der Waals surface area (Å²) in [5.74, 6) is 0.133. The van der Waals surface area contributed by atoms with Crippen molar-refractivity contribution in [1.29, 1.82) is 0 Å². The minimum Gasteiger partial charge on any atom is -0.486 e. The molecule has 36 heavy (non-hydrogen) atoms. The van der Waals surface area contributed by atoms with E-state index in [0.29, 0.717) is 74.1 Å². The van der Waals surface area contributed by atoms with Crippen LogP contribution in [-0.4, -0.2) is 96.7 Å². The van der Waals surface area contributed by atoms with E-state index in [1.54, 1.807) is 27.9 Å². The fraction of sp³-hybridized carbons (Fsp3) is 0.640. The molecule has 0 radical (unpaired) electrons. The van der Waals surface area contributed by atoms with Gasteiger partial charge in [0.05, 0.1) is 28.4 Å². The van der Waals surface area contributed by atoms with Gasteiger partial charge in [-0.2, -0.15) is 0 Å². The van der Waals surface area contributed by atoms with Crippen molar-refractivity contribution in [2.45, 2.75) is 57.8 Å². The van der Waals surface area contributed by atoms with Gasteiger partial charge in [0.1, 0.15) is 11.4 Å². The third-order valence-electron chi connectivity index (χ3n) is 7.29. The average Bonchev–Trinajstić information content (AvgIpc) is 3.37. The first kappa shape index (κ1) is 26.3. The molecule has 3 aliphatic heterocycles. The number of anilines is 1. The quantitative estimate of drug-likeness (QED) is 0.531. The Bertz CT molecular complexity index is 1050. The van der Waals surface area contributed by atoms with Crippen molar-refractivity contribution in [2.75, 3.05) is 52.1 Å². The number of ether oxygens (including phenoxy) is 2. The molecule has 0 aromatic heterocycles. The fourth-order valence-corrected chi connectivity index (χ4v) is 5.44. The van der Waals surface area contributed by atoms with Gasteiger partial charge in [-0.3, -0.25) is 9.59 Å². The highest BCUT2D eigenvalue weighted by Gasteiger charge is 2.38.